The van der Waals surface area contributed by atoms with Gasteiger partial charge >= 0.3 is 0 Å². The first-order valence-electron chi connectivity index (χ1n) is 8.89. The number of rotatable bonds is 7. The van der Waals surface area contributed by atoms with Gasteiger partial charge in [-0.25, -0.2) is 0 Å². The zero-order valence-corrected chi connectivity index (χ0v) is 14.8. The molecule has 0 aromatic carbocycles. The van der Waals surface area contributed by atoms with Gasteiger partial charge in [0.15, 0.2) is 0 Å². The third-order valence-electron chi connectivity index (χ3n) is 5.57. The SMILES string of the molecule is COC(OC)[SiH](CC1CCCCC1)CC1CCCCC1. The Balaban J connectivity index is 1.88. The van der Waals surface area contributed by atoms with Gasteiger partial charge in [-0.2, -0.15) is 0 Å². The van der Waals surface area contributed by atoms with Crippen LogP contribution in [-0.2, 0) is 9.47 Å². The largest absolute Gasteiger partial charge is 0.360 e. The molecule has 0 atom stereocenters. The second kappa shape index (κ2) is 9.21. The average molecular weight is 299 g/mol. The molecule has 2 fully saturated rings. The van der Waals surface area contributed by atoms with Crippen LogP contribution in [0.2, 0.25) is 12.1 Å². The van der Waals surface area contributed by atoms with E-state index in [1.54, 1.807) is 0 Å². The summed E-state index contributed by atoms with van der Waals surface area (Å²) < 4.78 is 11.4. The molecule has 3 heteroatoms. The first-order valence-corrected chi connectivity index (χ1v) is 11.2. The molecule has 0 N–H and O–H groups in total. The van der Waals surface area contributed by atoms with E-state index in [2.05, 4.69) is 0 Å². The molecule has 0 amide bonds. The highest BCUT2D eigenvalue weighted by atomic mass is 28.3. The number of methoxy groups -OCH3 is 2. The highest BCUT2D eigenvalue weighted by molar-refractivity contribution is 6.59. The fourth-order valence-corrected chi connectivity index (χ4v) is 8.56. The topological polar surface area (TPSA) is 18.5 Å². The second-order valence-electron chi connectivity index (χ2n) is 7.08. The second-order valence-corrected chi connectivity index (χ2v) is 10.1. The molecular formula is C17H34O2Si. The van der Waals surface area contributed by atoms with Crippen LogP contribution in [0.25, 0.3) is 0 Å². The van der Waals surface area contributed by atoms with E-state index in [1.165, 1.54) is 76.3 Å². The Morgan fingerprint density at radius 3 is 1.50 bits per heavy atom. The molecule has 0 unspecified atom stereocenters. The van der Waals surface area contributed by atoms with Crippen molar-refractivity contribution in [2.45, 2.75) is 82.2 Å². The van der Waals surface area contributed by atoms with Crippen LogP contribution in [0.15, 0.2) is 0 Å². The van der Waals surface area contributed by atoms with Crippen LogP contribution in [0.5, 0.6) is 0 Å². The summed E-state index contributed by atoms with van der Waals surface area (Å²) >= 11 is 0. The van der Waals surface area contributed by atoms with Crippen molar-refractivity contribution in [3.8, 4) is 0 Å². The van der Waals surface area contributed by atoms with E-state index in [-0.39, 0.29) is 5.91 Å². The lowest BCUT2D eigenvalue weighted by atomic mass is 9.90. The summed E-state index contributed by atoms with van der Waals surface area (Å²) in [6, 6.07) is 2.92. The van der Waals surface area contributed by atoms with Gasteiger partial charge in [0.1, 0.15) is 14.7 Å². The highest BCUT2D eigenvalue weighted by Crippen LogP contribution is 2.34. The van der Waals surface area contributed by atoms with Crippen molar-refractivity contribution in [3.05, 3.63) is 0 Å². The monoisotopic (exact) mass is 298 g/mol. The molecule has 0 aromatic heterocycles. The van der Waals surface area contributed by atoms with Crippen LogP contribution in [0.3, 0.4) is 0 Å². The Morgan fingerprint density at radius 2 is 1.15 bits per heavy atom. The van der Waals surface area contributed by atoms with Gasteiger partial charge < -0.3 is 9.47 Å². The molecule has 0 heterocycles. The van der Waals surface area contributed by atoms with E-state index < -0.39 is 8.80 Å². The lowest BCUT2D eigenvalue weighted by Gasteiger charge is -2.32. The Bertz CT molecular complexity index is 223. The summed E-state index contributed by atoms with van der Waals surface area (Å²) in [5.74, 6) is 2.12. The third kappa shape index (κ3) is 5.16. The fraction of sp³-hybridized carbons (Fsp3) is 1.00. The predicted octanol–water partition coefficient (Wildman–Crippen LogP) is 4.53. The van der Waals surface area contributed by atoms with Crippen molar-refractivity contribution < 1.29 is 9.47 Å². The van der Waals surface area contributed by atoms with E-state index in [9.17, 15) is 0 Å². The first kappa shape index (κ1) is 16.5. The molecule has 118 valence electrons. The maximum Gasteiger partial charge on any atom is 0.137 e. The maximum absolute atomic E-state index is 5.68. The van der Waals surface area contributed by atoms with Crippen molar-refractivity contribution in [2.75, 3.05) is 14.2 Å². The van der Waals surface area contributed by atoms with Crippen LogP contribution >= 0.6 is 0 Å². The molecule has 2 aliphatic carbocycles. The zero-order chi connectivity index (χ0) is 14.2. The summed E-state index contributed by atoms with van der Waals surface area (Å²) in [5, 5.41) is 0. The quantitative estimate of drug-likeness (QED) is 0.508. The average Bonchev–Trinajstić information content (AvgIpc) is 2.50. The molecule has 0 spiro atoms. The summed E-state index contributed by atoms with van der Waals surface area (Å²) in [6.45, 7) is 0. The lowest BCUT2D eigenvalue weighted by Crippen LogP contribution is -2.38. The Labute approximate surface area is 127 Å². The number of hydrogen-bond donors (Lipinski definition) is 0. The van der Waals surface area contributed by atoms with Gasteiger partial charge in [-0.05, 0) is 11.8 Å². The number of ether oxygens (including phenoxy) is 2. The Kier molecular flexibility index (Phi) is 7.61. The molecule has 0 bridgehead atoms. The molecular weight excluding hydrogens is 264 g/mol. The van der Waals surface area contributed by atoms with E-state index in [0.717, 1.165) is 11.8 Å². The van der Waals surface area contributed by atoms with Gasteiger partial charge in [0, 0.05) is 14.2 Å². The standard InChI is InChI=1S/C17H34O2Si/c1-18-17(19-2)20(13-15-9-5-3-6-10-15)14-16-11-7-4-8-12-16/h15-17,20H,3-14H2,1-2H3. The molecule has 0 aliphatic heterocycles. The van der Waals surface area contributed by atoms with Crippen molar-refractivity contribution >= 4 is 8.80 Å². The van der Waals surface area contributed by atoms with Crippen LogP contribution < -0.4 is 0 Å². The van der Waals surface area contributed by atoms with Gasteiger partial charge in [0.2, 0.25) is 0 Å². The third-order valence-corrected chi connectivity index (χ3v) is 9.43. The van der Waals surface area contributed by atoms with Crippen molar-refractivity contribution in [1.82, 2.24) is 0 Å². The summed E-state index contributed by atoms with van der Waals surface area (Å²) in [7, 11) is 2.75. The van der Waals surface area contributed by atoms with Gasteiger partial charge in [0.25, 0.3) is 0 Å². The van der Waals surface area contributed by atoms with Crippen LogP contribution in [-0.4, -0.2) is 28.9 Å². The van der Waals surface area contributed by atoms with E-state index in [0.29, 0.717) is 0 Å². The fourth-order valence-electron chi connectivity index (χ4n) is 4.50. The van der Waals surface area contributed by atoms with Crippen molar-refractivity contribution in [2.24, 2.45) is 11.8 Å². The van der Waals surface area contributed by atoms with Gasteiger partial charge in [-0.15, -0.1) is 0 Å². The van der Waals surface area contributed by atoms with Crippen LogP contribution in [0.4, 0.5) is 0 Å². The molecule has 2 saturated carbocycles. The molecule has 20 heavy (non-hydrogen) atoms. The van der Waals surface area contributed by atoms with Crippen molar-refractivity contribution in [3.63, 3.8) is 0 Å². The van der Waals surface area contributed by atoms with Gasteiger partial charge in [-0.3, -0.25) is 0 Å². The minimum absolute atomic E-state index is 0.152. The van der Waals surface area contributed by atoms with E-state index in [4.69, 9.17) is 9.47 Å². The number of hydrogen-bond acceptors (Lipinski definition) is 2. The minimum Gasteiger partial charge on any atom is -0.360 e. The van der Waals surface area contributed by atoms with Gasteiger partial charge in [-0.1, -0.05) is 76.3 Å². The first-order chi connectivity index (χ1) is 9.83. The van der Waals surface area contributed by atoms with Crippen molar-refractivity contribution in [1.29, 1.82) is 0 Å². The minimum atomic E-state index is -0.940. The van der Waals surface area contributed by atoms with E-state index in [1.807, 2.05) is 14.2 Å². The lowest BCUT2D eigenvalue weighted by molar-refractivity contribution is -0.0483. The highest BCUT2D eigenvalue weighted by Gasteiger charge is 2.30. The summed E-state index contributed by atoms with van der Waals surface area (Å²) in [5.41, 5.74) is 0. The van der Waals surface area contributed by atoms with E-state index >= 15 is 0 Å². The molecule has 2 rings (SSSR count). The Hall–Kier alpha value is 0.137. The Morgan fingerprint density at radius 1 is 0.750 bits per heavy atom. The maximum atomic E-state index is 5.68. The molecule has 2 nitrogen and oxygen atoms in total. The smallest absolute Gasteiger partial charge is 0.137 e. The molecule has 0 saturated heterocycles. The predicted molar refractivity (Wildman–Crippen MR) is 87.7 cm³/mol. The van der Waals surface area contributed by atoms with Crippen LogP contribution in [0.1, 0.15) is 64.2 Å². The molecule has 0 radical (unpaired) electrons. The van der Waals surface area contributed by atoms with Gasteiger partial charge in [0.05, 0.1) is 0 Å². The molecule has 2 aliphatic rings. The normalized spacial score (nSPS) is 22.8. The summed E-state index contributed by atoms with van der Waals surface area (Å²) in [4.78, 5) is 0. The molecule has 0 aromatic rings. The zero-order valence-electron chi connectivity index (χ0n) is 13.6. The van der Waals surface area contributed by atoms with Crippen LogP contribution in [0, 0.1) is 11.8 Å². The summed E-state index contributed by atoms with van der Waals surface area (Å²) in [6.07, 6.45) is 14.6.